The van der Waals surface area contributed by atoms with Crippen molar-refractivity contribution in [1.29, 1.82) is 0 Å². The van der Waals surface area contributed by atoms with E-state index in [4.69, 9.17) is 23.7 Å². The highest BCUT2D eigenvalue weighted by Gasteiger charge is 2.21. The van der Waals surface area contributed by atoms with Gasteiger partial charge in [-0.3, -0.25) is 4.98 Å². The summed E-state index contributed by atoms with van der Waals surface area (Å²) < 4.78 is 27.9. The molecule has 0 atom stereocenters. The standard InChI is InChI=1S/C32H27NO9/c1-38-23-9-10-25(27(15-23)40-17-20-6-3-4-8-24(20)32(36)37)30-19(7-5-11-33-30)12-22(31(34)35)13-21-14-28-29(42-18-41-28)16-26(21)39-2/h3-12,14-16H,13,17-18H2,1-2H3,(H,34,35)(H,36,37). The van der Waals surface area contributed by atoms with E-state index in [1.807, 2.05) is 0 Å². The van der Waals surface area contributed by atoms with Crippen LogP contribution in [0.2, 0.25) is 0 Å². The Labute approximate surface area is 241 Å². The smallest absolute Gasteiger partial charge is 0.336 e. The first-order chi connectivity index (χ1) is 20.4. The lowest BCUT2D eigenvalue weighted by Crippen LogP contribution is -2.07. The van der Waals surface area contributed by atoms with E-state index in [2.05, 4.69) is 4.98 Å². The first kappa shape index (κ1) is 28.0. The second-order valence-electron chi connectivity index (χ2n) is 9.22. The van der Waals surface area contributed by atoms with E-state index in [0.29, 0.717) is 56.7 Å². The largest absolute Gasteiger partial charge is 0.497 e. The van der Waals surface area contributed by atoms with Crippen LogP contribution in [0.5, 0.6) is 28.7 Å². The predicted octanol–water partition coefficient (Wildman–Crippen LogP) is 5.48. The zero-order valence-electron chi connectivity index (χ0n) is 22.8. The molecule has 0 fully saturated rings. The number of methoxy groups -OCH3 is 2. The highest BCUT2D eigenvalue weighted by atomic mass is 16.7. The van der Waals surface area contributed by atoms with Crippen LogP contribution in [0.4, 0.5) is 0 Å². The third kappa shape index (κ3) is 5.97. The summed E-state index contributed by atoms with van der Waals surface area (Å²) in [7, 11) is 3.03. The van der Waals surface area contributed by atoms with Gasteiger partial charge in [-0.1, -0.05) is 24.3 Å². The molecule has 2 heterocycles. The fraction of sp³-hybridized carbons (Fsp3) is 0.156. The third-order valence-corrected chi connectivity index (χ3v) is 6.67. The second-order valence-corrected chi connectivity index (χ2v) is 9.22. The maximum Gasteiger partial charge on any atom is 0.336 e. The highest BCUT2D eigenvalue weighted by Crippen LogP contribution is 2.40. The van der Waals surface area contributed by atoms with Crippen molar-refractivity contribution in [2.45, 2.75) is 13.0 Å². The fourth-order valence-corrected chi connectivity index (χ4v) is 4.59. The van der Waals surface area contributed by atoms with E-state index >= 15 is 0 Å². The summed E-state index contributed by atoms with van der Waals surface area (Å²) in [6.07, 6.45) is 3.20. The minimum Gasteiger partial charge on any atom is -0.497 e. The molecule has 0 aliphatic carbocycles. The Balaban J connectivity index is 1.52. The second kappa shape index (κ2) is 12.3. The van der Waals surface area contributed by atoms with Crippen LogP contribution in [0.25, 0.3) is 17.3 Å². The van der Waals surface area contributed by atoms with Crippen molar-refractivity contribution in [3.05, 3.63) is 101 Å². The minimum absolute atomic E-state index is 0.0229. The van der Waals surface area contributed by atoms with E-state index in [1.165, 1.54) is 20.3 Å². The van der Waals surface area contributed by atoms with Gasteiger partial charge in [0, 0.05) is 52.6 Å². The molecule has 4 aromatic rings. The molecule has 0 unspecified atom stereocenters. The van der Waals surface area contributed by atoms with Crippen LogP contribution in [0.1, 0.15) is 27.0 Å². The molecule has 1 aliphatic rings. The maximum absolute atomic E-state index is 12.4. The number of rotatable bonds is 11. The van der Waals surface area contributed by atoms with Gasteiger partial charge in [-0.25, -0.2) is 9.59 Å². The molecular formula is C32H27NO9. The van der Waals surface area contributed by atoms with E-state index in [1.54, 1.807) is 72.9 Å². The molecule has 0 bridgehead atoms. The van der Waals surface area contributed by atoms with Crippen LogP contribution in [0.3, 0.4) is 0 Å². The molecule has 0 amide bonds. The summed E-state index contributed by atoms with van der Waals surface area (Å²) in [6.45, 7) is 0.0572. The first-order valence-corrected chi connectivity index (χ1v) is 12.9. The van der Waals surface area contributed by atoms with Crippen molar-refractivity contribution >= 4 is 18.0 Å². The Hall–Kier alpha value is -5.51. The van der Waals surface area contributed by atoms with Crippen LogP contribution in [-0.4, -0.2) is 48.1 Å². The summed E-state index contributed by atoms with van der Waals surface area (Å²) in [5.74, 6) is 0.265. The van der Waals surface area contributed by atoms with Gasteiger partial charge in [0.2, 0.25) is 6.79 Å². The van der Waals surface area contributed by atoms with Gasteiger partial charge in [0.15, 0.2) is 11.5 Å². The van der Waals surface area contributed by atoms with Gasteiger partial charge in [-0.15, -0.1) is 0 Å². The number of benzene rings is 3. The zero-order chi connectivity index (χ0) is 29.6. The molecule has 42 heavy (non-hydrogen) atoms. The molecule has 0 saturated heterocycles. The van der Waals surface area contributed by atoms with Gasteiger partial charge in [0.05, 0.1) is 25.5 Å². The molecule has 2 N–H and O–H groups in total. The lowest BCUT2D eigenvalue weighted by atomic mass is 9.98. The van der Waals surface area contributed by atoms with Gasteiger partial charge in [-0.2, -0.15) is 0 Å². The monoisotopic (exact) mass is 569 g/mol. The number of nitrogens with zero attached hydrogens (tertiary/aromatic N) is 1. The fourth-order valence-electron chi connectivity index (χ4n) is 4.59. The van der Waals surface area contributed by atoms with Crippen LogP contribution in [0.15, 0.2) is 78.5 Å². The summed E-state index contributed by atoms with van der Waals surface area (Å²) >= 11 is 0. The van der Waals surface area contributed by atoms with Crippen molar-refractivity contribution in [1.82, 2.24) is 4.98 Å². The molecule has 10 nitrogen and oxygen atoms in total. The average molecular weight is 570 g/mol. The van der Waals surface area contributed by atoms with E-state index < -0.39 is 11.9 Å². The van der Waals surface area contributed by atoms with Crippen molar-refractivity contribution in [3.8, 4) is 40.0 Å². The van der Waals surface area contributed by atoms with Gasteiger partial charge in [-0.05, 0) is 36.4 Å². The number of pyridine rings is 1. The van der Waals surface area contributed by atoms with Crippen LogP contribution in [-0.2, 0) is 17.8 Å². The molecule has 0 saturated carbocycles. The third-order valence-electron chi connectivity index (χ3n) is 6.67. The Morgan fingerprint density at radius 2 is 1.69 bits per heavy atom. The summed E-state index contributed by atoms with van der Waals surface area (Å²) in [5, 5.41) is 19.7. The number of fused-ring (bicyclic) bond motifs is 1. The summed E-state index contributed by atoms with van der Waals surface area (Å²) in [4.78, 5) is 28.7. The van der Waals surface area contributed by atoms with Crippen molar-refractivity contribution in [3.63, 3.8) is 0 Å². The molecule has 1 aliphatic heterocycles. The lowest BCUT2D eigenvalue weighted by Gasteiger charge is -2.15. The normalized spacial score (nSPS) is 12.1. The Morgan fingerprint density at radius 3 is 2.43 bits per heavy atom. The van der Waals surface area contributed by atoms with Crippen molar-refractivity contribution in [2.75, 3.05) is 21.0 Å². The van der Waals surface area contributed by atoms with Crippen molar-refractivity contribution in [2.24, 2.45) is 0 Å². The number of aliphatic carboxylic acids is 1. The number of carboxylic acid groups (broad SMARTS) is 2. The maximum atomic E-state index is 12.4. The molecule has 3 aromatic carbocycles. The van der Waals surface area contributed by atoms with Crippen LogP contribution in [0, 0.1) is 0 Å². The quantitative estimate of drug-likeness (QED) is 0.224. The van der Waals surface area contributed by atoms with Crippen molar-refractivity contribution < 1.29 is 43.5 Å². The average Bonchev–Trinajstić information content (AvgIpc) is 3.46. The lowest BCUT2D eigenvalue weighted by molar-refractivity contribution is -0.132. The Kier molecular flexibility index (Phi) is 8.24. The first-order valence-electron chi connectivity index (χ1n) is 12.9. The highest BCUT2D eigenvalue weighted by molar-refractivity contribution is 5.94. The number of aromatic carboxylic acids is 1. The molecule has 1 aromatic heterocycles. The van der Waals surface area contributed by atoms with Gasteiger partial charge in [0.25, 0.3) is 0 Å². The molecule has 0 radical (unpaired) electrons. The van der Waals surface area contributed by atoms with Gasteiger partial charge in [0.1, 0.15) is 23.9 Å². The summed E-state index contributed by atoms with van der Waals surface area (Å²) in [5.41, 5.74) is 2.91. The minimum atomic E-state index is -1.11. The van der Waals surface area contributed by atoms with E-state index in [9.17, 15) is 19.8 Å². The Morgan fingerprint density at radius 1 is 0.905 bits per heavy atom. The Bertz CT molecular complexity index is 1680. The summed E-state index contributed by atoms with van der Waals surface area (Å²) in [6, 6.07) is 18.6. The number of hydrogen-bond donors (Lipinski definition) is 2. The predicted molar refractivity (Wildman–Crippen MR) is 152 cm³/mol. The number of ether oxygens (including phenoxy) is 5. The topological polar surface area (TPSA) is 134 Å². The molecular weight excluding hydrogens is 542 g/mol. The molecule has 214 valence electrons. The number of aromatic nitrogens is 1. The van der Waals surface area contributed by atoms with Gasteiger partial charge >= 0.3 is 11.9 Å². The van der Waals surface area contributed by atoms with E-state index in [-0.39, 0.29) is 31.0 Å². The van der Waals surface area contributed by atoms with Crippen LogP contribution < -0.4 is 23.7 Å². The molecule has 0 spiro atoms. The van der Waals surface area contributed by atoms with E-state index in [0.717, 1.165) is 0 Å². The molecule has 10 heteroatoms. The number of carbonyl (C=O) groups is 2. The number of hydrogen-bond acceptors (Lipinski definition) is 8. The van der Waals surface area contributed by atoms with Gasteiger partial charge < -0.3 is 33.9 Å². The number of carboxylic acids is 2. The zero-order valence-corrected chi connectivity index (χ0v) is 22.8. The SMILES string of the molecule is COc1ccc(-c2ncccc2C=C(Cc2cc3c(cc2OC)OCO3)C(=O)O)c(OCc2ccccc2C(=O)O)c1. The van der Waals surface area contributed by atoms with Crippen LogP contribution >= 0.6 is 0 Å². The molecule has 5 rings (SSSR count).